The van der Waals surface area contributed by atoms with Gasteiger partial charge in [0.05, 0.1) is 19.6 Å². The number of carbonyl (C=O) groups is 2. The fourth-order valence-corrected chi connectivity index (χ4v) is 3.55. The van der Waals surface area contributed by atoms with Crippen LogP contribution in [0.1, 0.15) is 51.9 Å². The third kappa shape index (κ3) is 6.21. The molecule has 1 heterocycles. The molecule has 0 unspecified atom stereocenters. The van der Waals surface area contributed by atoms with Crippen molar-refractivity contribution in [2.75, 3.05) is 33.3 Å². The molecule has 1 saturated heterocycles. The van der Waals surface area contributed by atoms with Crippen molar-refractivity contribution in [2.45, 2.75) is 57.9 Å². The Bertz CT molecular complexity index is 467. The third-order valence-electron chi connectivity index (χ3n) is 4.98. The van der Waals surface area contributed by atoms with Gasteiger partial charge in [-0.2, -0.15) is 0 Å². The van der Waals surface area contributed by atoms with Gasteiger partial charge in [0, 0.05) is 32.1 Å². The zero-order valence-electron chi connectivity index (χ0n) is 15.6. The first kappa shape index (κ1) is 19.5. The predicted octanol–water partition coefficient (Wildman–Crippen LogP) is 1.29. The number of amides is 1. The topological polar surface area (TPSA) is 83.0 Å². The Labute approximate surface area is 150 Å². The van der Waals surface area contributed by atoms with E-state index >= 15 is 0 Å². The minimum absolute atomic E-state index is 0.0127. The first-order valence-electron chi connectivity index (χ1n) is 9.54. The van der Waals surface area contributed by atoms with Crippen LogP contribution in [0.25, 0.3) is 0 Å². The predicted molar refractivity (Wildman–Crippen MR) is 97.3 cm³/mol. The van der Waals surface area contributed by atoms with Gasteiger partial charge in [0.25, 0.3) is 0 Å². The van der Waals surface area contributed by atoms with Crippen LogP contribution in [0.4, 0.5) is 0 Å². The van der Waals surface area contributed by atoms with E-state index in [1.54, 1.807) is 0 Å². The van der Waals surface area contributed by atoms with E-state index in [0.717, 1.165) is 51.3 Å². The average Bonchev–Trinajstić information content (AvgIpc) is 3.13. The number of nitrogens with one attached hydrogen (secondary N) is 2. The highest BCUT2D eigenvalue weighted by Crippen LogP contribution is 2.19. The first-order chi connectivity index (χ1) is 12.1. The number of esters is 1. The normalized spacial score (nSPS) is 19.8. The molecule has 1 amide bonds. The lowest BCUT2D eigenvalue weighted by Gasteiger charge is -2.33. The highest BCUT2D eigenvalue weighted by atomic mass is 16.5. The first-order valence-corrected chi connectivity index (χ1v) is 9.54. The summed E-state index contributed by atoms with van der Waals surface area (Å²) >= 11 is 0. The number of likely N-dealkylation sites (tertiary alicyclic amines) is 1. The standard InChI is InChI=1S/C18H32N4O3/c1-3-19-18(22-12-9-14(10-13-22)17(24)25-2)20-11-8-16(23)21-15-6-4-5-7-15/h14-15H,3-13H2,1-2H3,(H,19,20)(H,21,23). The van der Waals surface area contributed by atoms with Crippen molar-refractivity contribution in [3.63, 3.8) is 0 Å². The van der Waals surface area contributed by atoms with E-state index in [4.69, 9.17) is 4.74 Å². The molecule has 0 aromatic heterocycles. The molecule has 25 heavy (non-hydrogen) atoms. The van der Waals surface area contributed by atoms with Gasteiger partial charge in [0.2, 0.25) is 5.91 Å². The molecule has 0 spiro atoms. The summed E-state index contributed by atoms with van der Waals surface area (Å²) in [6.07, 6.45) is 6.62. The number of guanidine groups is 1. The Morgan fingerprint density at radius 2 is 1.84 bits per heavy atom. The highest BCUT2D eigenvalue weighted by molar-refractivity contribution is 5.81. The number of ether oxygens (including phenoxy) is 1. The molecule has 7 heteroatoms. The Kier molecular flexibility index (Phi) is 8.01. The van der Waals surface area contributed by atoms with Gasteiger partial charge in [0.15, 0.2) is 5.96 Å². The van der Waals surface area contributed by atoms with Crippen LogP contribution in [0, 0.1) is 5.92 Å². The van der Waals surface area contributed by atoms with Crippen LogP contribution in [0.5, 0.6) is 0 Å². The maximum Gasteiger partial charge on any atom is 0.308 e. The number of methoxy groups -OCH3 is 1. The van der Waals surface area contributed by atoms with Crippen molar-refractivity contribution in [3.8, 4) is 0 Å². The summed E-state index contributed by atoms with van der Waals surface area (Å²) in [7, 11) is 1.44. The molecule has 0 aromatic carbocycles. The van der Waals surface area contributed by atoms with Gasteiger partial charge >= 0.3 is 5.97 Å². The Morgan fingerprint density at radius 3 is 2.44 bits per heavy atom. The zero-order chi connectivity index (χ0) is 18.1. The van der Waals surface area contributed by atoms with Crippen LogP contribution in [0.3, 0.4) is 0 Å². The van der Waals surface area contributed by atoms with Gasteiger partial charge < -0.3 is 20.3 Å². The number of hydrogen-bond acceptors (Lipinski definition) is 4. The van der Waals surface area contributed by atoms with E-state index < -0.39 is 0 Å². The third-order valence-corrected chi connectivity index (χ3v) is 4.98. The zero-order valence-corrected chi connectivity index (χ0v) is 15.6. The molecule has 142 valence electrons. The van der Waals surface area contributed by atoms with Crippen LogP contribution in [-0.4, -0.2) is 62.1 Å². The van der Waals surface area contributed by atoms with E-state index in [0.29, 0.717) is 19.0 Å². The summed E-state index contributed by atoms with van der Waals surface area (Å²) in [6.45, 7) is 4.85. The molecule has 0 bridgehead atoms. The van der Waals surface area contributed by atoms with E-state index in [1.165, 1.54) is 20.0 Å². The lowest BCUT2D eigenvalue weighted by molar-refractivity contribution is -0.146. The minimum Gasteiger partial charge on any atom is -0.469 e. The van der Waals surface area contributed by atoms with E-state index in [2.05, 4.69) is 20.5 Å². The summed E-state index contributed by atoms with van der Waals surface area (Å²) in [6, 6.07) is 0.363. The SMILES string of the molecule is CCNC(=NCCC(=O)NC1CCCC1)N1CCC(C(=O)OC)CC1. The molecule has 0 radical (unpaired) electrons. The molecular weight excluding hydrogens is 320 g/mol. The fraction of sp³-hybridized carbons (Fsp3) is 0.833. The second-order valence-electron chi connectivity index (χ2n) is 6.82. The maximum absolute atomic E-state index is 12.0. The largest absolute Gasteiger partial charge is 0.469 e. The molecule has 0 aromatic rings. The quantitative estimate of drug-likeness (QED) is 0.427. The summed E-state index contributed by atoms with van der Waals surface area (Å²) in [5, 5.41) is 6.38. The molecule has 2 aliphatic rings. The van der Waals surface area contributed by atoms with Crippen LogP contribution in [0.2, 0.25) is 0 Å². The second kappa shape index (κ2) is 10.3. The molecule has 1 aliphatic carbocycles. The van der Waals surface area contributed by atoms with Crippen molar-refractivity contribution >= 4 is 17.8 Å². The van der Waals surface area contributed by atoms with E-state index in [1.807, 2.05) is 6.92 Å². The van der Waals surface area contributed by atoms with Gasteiger partial charge in [-0.1, -0.05) is 12.8 Å². The van der Waals surface area contributed by atoms with Crippen molar-refractivity contribution in [1.82, 2.24) is 15.5 Å². The number of piperidine rings is 1. The van der Waals surface area contributed by atoms with Gasteiger partial charge in [-0.25, -0.2) is 0 Å². The lowest BCUT2D eigenvalue weighted by Crippen LogP contribution is -2.46. The Balaban J connectivity index is 1.77. The van der Waals surface area contributed by atoms with Gasteiger partial charge in [-0.15, -0.1) is 0 Å². The lowest BCUT2D eigenvalue weighted by atomic mass is 9.97. The molecule has 2 rings (SSSR count). The molecule has 0 atom stereocenters. The Morgan fingerprint density at radius 1 is 1.16 bits per heavy atom. The molecule has 1 saturated carbocycles. The van der Waals surface area contributed by atoms with Gasteiger partial charge in [-0.3, -0.25) is 14.6 Å². The number of rotatable bonds is 6. The molecular formula is C18H32N4O3. The van der Waals surface area contributed by atoms with Gasteiger partial charge in [0.1, 0.15) is 0 Å². The summed E-state index contributed by atoms with van der Waals surface area (Å²) < 4.78 is 4.83. The molecule has 1 aliphatic heterocycles. The van der Waals surface area contributed by atoms with Crippen LogP contribution < -0.4 is 10.6 Å². The van der Waals surface area contributed by atoms with Crippen molar-refractivity contribution in [3.05, 3.63) is 0 Å². The van der Waals surface area contributed by atoms with Crippen LogP contribution in [0.15, 0.2) is 4.99 Å². The van der Waals surface area contributed by atoms with Crippen molar-refractivity contribution in [2.24, 2.45) is 10.9 Å². The number of nitrogens with zero attached hydrogens (tertiary/aromatic N) is 2. The number of hydrogen-bond donors (Lipinski definition) is 2. The monoisotopic (exact) mass is 352 g/mol. The average molecular weight is 352 g/mol. The van der Waals surface area contributed by atoms with Crippen molar-refractivity contribution < 1.29 is 14.3 Å². The number of aliphatic imine (C=N–C) groups is 1. The maximum atomic E-state index is 12.0. The van der Waals surface area contributed by atoms with E-state index in [9.17, 15) is 9.59 Å². The molecule has 2 N–H and O–H groups in total. The summed E-state index contributed by atoms with van der Waals surface area (Å²) in [5.74, 6) is 0.793. The van der Waals surface area contributed by atoms with Crippen molar-refractivity contribution in [1.29, 1.82) is 0 Å². The van der Waals surface area contributed by atoms with Crippen LogP contribution in [-0.2, 0) is 14.3 Å². The minimum atomic E-state index is -0.120. The summed E-state index contributed by atoms with van der Waals surface area (Å²) in [5.41, 5.74) is 0. The summed E-state index contributed by atoms with van der Waals surface area (Å²) in [4.78, 5) is 30.4. The fourth-order valence-electron chi connectivity index (χ4n) is 3.55. The van der Waals surface area contributed by atoms with E-state index in [-0.39, 0.29) is 17.8 Å². The Hall–Kier alpha value is -1.79. The smallest absolute Gasteiger partial charge is 0.308 e. The number of carbonyl (C=O) groups excluding carboxylic acids is 2. The highest BCUT2D eigenvalue weighted by Gasteiger charge is 2.27. The second-order valence-corrected chi connectivity index (χ2v) is 6.82. The van der Waals surface area contributed by atoms with Gasteiger partial charge in [-0.05, 0) is 32.6 Å². The molecule has 7 nitrogen and oxygen atoms in total. The molecule has 2 fully saturated rings. The van der Waals surface area contributed by atoms with Crippen LogP contribution >= 0.6 is 0 Å².